The Hall–Kier alpha value is -2.69. The number of nitrogens with one attached hydrogen (secondary N) is 1. The standard InChI is InChI=1S/C15H17N3O2/c16-14-7-2-1-4-11(14)9-18-12-5-3-6-13(8-12)20-10-15(17)19/h1-8,18H,9-10,16H2,(H2,17,19). The number of ether oxygens (including phenoxy) is 1. The Morgan fingerprint density at radius 3 is 2.70 bits per heavy atom. The first-order valence-electron chi connectivity index (χ1n) is 6.23. The van der Waals surface area contributed by atoms with Crippen LogP contribution in [-0.4, -0.2) is 12.5 Å². The molecule has 5 N–H and O–H groups in total. The molecule has 0 unspecified atom stereocenters. The van der Waals surface area contributed by atoms with Crippen LogP contribution in [0, 0.1) is 0 Å². The smallest absolute Gasteiger partial charge is 0.255 e. The lowest BCUT2D eigenvalue weighted by Gasteiger charge is -2.10. The van der Waals surface area contributed by atoms with Crippen molar-refractivity contribution in [2.45, 2.75) is 6.54 Å². The minimum atomic E-state index is -0.500. The molecule has 20 heavy (non-hydrogen) atoms. The van der Waals surface area contributed by atoms with Gasteiger partial charge in [0.25, 0.3) is 5.91 Å². The number of amides is 1. The van der Waals surface area contributed by atoms with Crippen molar-refractivity contribution in [1.29, 1.82) is 0 Å². The van der Waals surface area contributed by atoms with Crippen molar-refractivity contribution in [2.75, 3.05) is 17.7 Å². The number of hydrogen-bond donors (Lipinski definition) is 3. The molecular weight excluding hydrogens is 254 g/mol. The highest BCUT2D eigenvalue weighted by molar-refractivity contribution is 5.75. The van der Waals surface area contributed by atoms with Crippen LogP contribution in [0.1, 0.15) is 5.56 Å². The first-order valence-corrected chi connectivity index (χ1v) is 6.23. The number of para-hydroxylation sites is 1. The van der Waals surface area contributed by atoms with Gasteiger partial charge in [0, 0.05) is 24.0 Å². The maximum absolute atomic E-state index is 10.7. The van der Waals surface area contributed by atoms with Gasteiger partial charge in [-0.25, -0.2) is 0 Å². The Labute approximate surface area is 117 Å². The number of rotatable bonds is 6. The molecule has 5 heteroatoms. The molecule has 0 atom stereocenters. The normalized spacial score (nSPS) is 10.0. The highest BCUT2D eigenvalue weighted by Gasteiger charge is 2.01. The van der Waals surface area contributed by atoms with Crippen LogP contribution in [0.25, 0.3) is 0 Å². The summed E-state index contributed by atoms with van der Waals surface area (Å²) in [6.07, 6.45) is 0. The average molecular weight is 271 g/mol. The highest BCUT2D eigenvalue weighted by Crippen LogP contribution is 2.19. The Bertz CT molecular complexity index is 599. The van der Waals surface area contributed by atoms with E-state index in [9.17, 15) is 4.79 Å². The van der Waals surface area contributed by atoms with Crippen molar-refractivity contribution in [2.24, 2.45) is 5.73 Å². The van der Waals surface area contributed by atoms with Gasteiger partial charge in [-0.3, -0.25) is 4.79 Å². The van der Waals surface area contributed by atoms with E-state index in [2.05, 4.69) is 5.32 Å². The highest BCUT2D eigenvalue weighted by atomic mass is 16.5. The zero-order valence-electron chi connectivity index (χ0n) is 11.0. The fourth-order valence-electron chi connectivity index (χ4n) is 1.74. The first-order chi connectivity index (χ1) is 9.65. The minimum Gasteiger partial charge on any atom is -0.484 e. The molecule has 1 amide bonds. The van der Waals surface area contributed by atoms with E-state index in [0.717, 1.165) is 16.9 Å². The molecule has 0 bridgehead atoms. The Morgan fingerprint density at radius 1 is 1.15 bits per heavy atom. The third-order valence-electron chi connectivity index (χ3n) is 2.75. The topological polar surface area (TPSA) is 90.4 Å². The molecule has 0 fully saturated rings. The van der Waals surface area contributed by atoms with E-state index in [1.807, 2.05) is 42.5 Å². The largest absolute Gasteiger partial charge is 0.484 e. The number of carbonyl (C=O) groups is 1. The average Bonchev–Trinajstić information content (AvgIpc) is 2.45. The Balaban J connectivity index is 1.98. The van der Waals surface area contributed by atoms with Crippen molar-refractivity contribution in [3.8, 4) is 5.75 Å². The summed E-state index contributed by atoms with van der Waals surface area (Å²) in [4.78, 5) is 10.7. The molecular formula is C15H17N3O2. The predicted molar refractivity (Wildman–Crippen MR) is 79.3 cm³/mol. The number of carbonyl (C=O) groups excluding carboxylic acids is 1. The zero-order chi connectivity index (χ0) is 14.4. The van der Waals surface area contributed by atoms with Crippen molar-refractivity contribution >= 4 is 17.3 Å². The second-order valence-electron chi connectivity index (χ2n) is 4.34. The van der Waals surface area contributed by atoms with Gasteiger partial charge in [-0.05, 0) is 23.8 Å². The number of nitrogens with two attached hydrogens (primary N) is 2. The molecule has 2 aromatic rings. The van der Waals surface area contributed by atoms with Crippen LogP contribution in [0.3, 0.4) is 0 Å². The van der Waals surface area contributed by atoms with E-state index in [0.29, 0.717) is 12.3 Å². The van der Waals surface area contributed by atoms with Crippen molar-refractivity contribution < 1.29 is 9.53 Å². The molecule has 0 aliphatic heterocycles. The molecule has 0 spiro atoms. The van der Waals surface area contributed by atoms with E-state index in [1.54, 1.807) is 6.07 Å². The van der Waals surface area contributed by atoms with Gasteiger partial charge in [-0.2, -0.15) is 0 Å². The first kappa shape index (κ1) is 13.7. The molecule has 2 aromatic carbocycles. The summed E-state index contributed by atoms with van der Waals surface area (Å²) in [6, 6.07) is 15.0. The monoisotopic (exact) mass is 271 g/mol. The lowest BCUT2D eigenvalue weighted by atomic mass is 10.2. The lowest BCUT2D eigenvalue weighted by molar-refractivity contribution is -0.119. The predicted octanol–water partition coefficient (Wildman–Crippen LogP) is 1.75. The molecule has 0 saturated carbocycles. The molecule has 0 aliphatic rings. The molecule has 0 saturated heterocycles. The van der Waals surface area contributed by atoms with Gasteiger partial charge in [0.2, 0.25) is 0 Å². The van der Waals surface area contributed by atoms with Gasteiger partial charge < -0.3 is 21.5 Å². The van der Waals surface area contributed by atoms with Gasteiger partial charge in [-0.15, -0.1) is 0 Å². The van der Waals surface area contributed by atoms with Gasteiger partial charge in [-0.1, -0.05) is 24.3 Å². The summed E-state index contributed by atoms with van der Waals surface area (Å²) >= 11 is 0. The van der Waals surface area contributed by atoms with E-state index in [4.69, 9.17) is 16.2 Å². The summed E-state index contributed by atoms with van der Waals surface area (Å²) in [5, 5.41) is 3.25. The summed E-state index contributed by atoms with van der Waals surface area (Å²) in [7, 11) is 0. The third-order valence-corrected chi connectivity index (χ3v) is 2.75. The van der Waals surface area contributed by atoms with Gasteiger partial charge in [0.05, 0.1) is 0 Å². The van der Waals surface area contributed by atoms with Crippen molar-refractivity contribution in [3.63, 3.8) is 0 Å². The summed E-state index contributed by atoms with van der Waals surface area (Å²) in [5.41, 5.74) is 13.6. The van der Waals surface area contributed by atoms with Crippen LogP contribution in [0.15, 0.2) is 48.5 Å². The zero-order valence-corrected chi connectivity index (χ0v) is 11.0. The molecule has 2 rings (SSSR count). The fourth-order valence-corrected chi connectivity index (χ4v) is 1.74. The van der Waals surface area contributed by atoms with Crippen LogP contribution < -0.4 is 21.5 Å². The fraction of sp³-hybridized carbons (Fsp3) is 0.133. The number of benzene rings is 2. The molecule has 104 valence electrons. The molecule has 0 radical (unpaired) electrons. The number of primary amides is 1. The van der Waals surface area contributed by atoms with Crippen LogP contribution in [0.4, 0.5) is 11.4 Å². The second kappa shape index (κ2) is 6.47. The maximum Gasteiger partial charge on any atom is 0.255 e. The second-order valence-corrected chi connectivity index (χ2v) is 4.34. The Morgan fingerprint density at radius 2 is 1.95 bits per heavy atom. The third kappa shape index (κ3) is 3.91. The van der Waals surface area contributed by atoms with Gasteiger partial charge in [0.1, 0.15) is 5.75 Å². The number of hydrogen-bond acceptors (Lipinski definition) is 4. The quantitative estimate of drug-likeness (QED) is 0.698. The summed E-state index contributed by atoms with van der Waals surface area (Å²) in [5.74, 6) is 0.0928. The van der Waals surface area contributed by atoms with E-state index < -0.39 is 5.91 Å². The number of nitrogen functional groups attached to an aromatic ring is 1. The molecule has 0 heterocycles. The molecule has 0 aliphatic carbocycles. The Kier molecular flexibility index (Phi) is 4.44. The number of anilines is 2. The van der Waals surface area contributed by atoms with Crippen LogP contribution in [0.2, 0.25) is 0 Å². The van der Waals surface area contributed by atoms with Crippen molar-refractivity contribution in [1.82, 2.24) is 0 Å². The maximum atomic E-state index is 10.7. The van der Waals surface area contributed by atoms with Crippen LogP contribution >= 0.6 is 0 Å². The van der Waals surface area contributed by atoms with E-state index >= 15 is 0 Å². The van der Waals surface area contributed by atoms with E-state index in [-0.39, 0.29) is 6.61 Å². The lowest BCUT2D eigenvalue weighted by Crippen LogP contribution is -2.20. The van der Waals surface area contributed by atoms with Crippen LogP contribution in [0.5, 0.6) is 5.75 Å². The van der Waals surface area contributed by atoms with Crippen molar-refractivity contribution in [3.05, 3.63) is 54.1 Å². The summed E-state index contributed by atoms with van der Waals surface area (Å²) < 4.78 is 5.24. The van der Waals surface area contributed by atoms with Gasteiger partial charge in [0.15, 0.2) is 6.61 Å². The van der Waals surface area contributed by atoms with E-state index in [1.165, 1.54) is 0 Å². The molecule has 0 aromatic heterocycles. The molecule has 5 nitrogen and oxygen atoms in total. The van der Waals surface area contributed by atoms with Gasteiger partial charge >= 0.3 is 0 Å². The van der Waals surface area contributed by atoms with Crippen LogP contribution in [-0.2, 0) is 11.3 Å². The summed E-state index contributed by atoms with van der Waals surface area (Å²) in [6.45, 7) is 0.487. The minimum absolute atomic E-state index is 0.130. The SMILES string of the molecule is NC(=O)COc1cccc(NCc2ccccc2N)c1.